The summed E-state index contributed by atoms with van der Waals surface area (Å²) in [5, 5.41) is 3.86. The highest BCUT2D eigenvalue weighted by molar-refractivity contribution is 6.42. The van der Waals surface area contributed by atoms with Gasteiger partial charge in [0, 0.05) is 17.9 Å². The lowest BCUT2D eigenvalue weighted by Gasteiger charge is -2.23. The van der Waals surface area contributed by atoms with E-state index in [9.17, 15) is 9.59 Å². The highest BCUT2D eigenvalue weighted by atomic mass is 35.5. The van der Waals surface area contributed by atoms with E-state index in [2.05, 4.69) is 5.32 Å². The molecule has 2 atom stereocenters. The second kappa shape index (κ2) is 6.11. The number of aldehydes is 1. The summed E-state index contributed by atoms with van der Waals surface area (Å²) in [5.41, 5.74) is 2.44. The SMILES string of the molecule is O=CCC(c1ccc(Cl)c(Cl)c1)C1NC(=O)c2ccccc21. The molecule has 1 aliphatic heterocycles. The molecule has 0 bridgehead atoms. The lowest BCUT2D eigenvalue weighted by Crippen LogP contribution is -2.25. The molecule has 0 radical (unpaired) electrons. The second-order valence-corrected chi connectivity index (χ2v) is 6.04. The maximum Gasteiger partial charge on any atom is 0.252 e. The van der Waals surface area contributed by atoms with E-state index in [1.54, 1.807) is 18.2 Å². The number of carbonyl (C=O) groups is 2. The predicted molar refractivity (Wildman–Crippen MR) is 86.5 cm³/mol. The molecule has 3 nitrogen and oxygen atoms in total. The summed E-state index contributed by atoms with van der Waals surface area (Å²) in [7, 11) is 0. The van der Waals surface area contributed by atoms with Gasteiger partial charge >= 0.3 is 0 Å². The third kappa shape index (κ3) is 2.62. The molecule has 5 heteroatoms. The van der Waals surface area contributed by atoms with Crippen molar-refractivity contribution in [3.63, 3.8) is 0 Å². The zero-order chi connectivity index (χ0) is 15.7. The zero-order valence-electron chi connectivity index (χ0n) is 11.6. The van der Waals surface area contributed by atoms with Gasteiger partial charge in [-0.15, -0.1) is 0 Å². The number of amides is 1. The van der Waals surface area contributed by atoms with E-state index in [-0.39, 0.29) is 24.3 Å². The molecule has 1 N–H and O–H groups in total. The third-order valence-corrected chi connectivity index (χ3v) is 4.69. The first-order valence-corrected chi connectivity index (χ1v) is 7.65. The number of rotatable bonds is 4. The Morgan fingerprint density at radius 3 is 2.64 bits per heavy atom. The van der Waals surface area contributed by atoms with Crippen molar-refractivity contribution in [2.45, 2.75) is 18.4 Å². The van der Waals surface area contributed by atoms with E-state index in [1.807, 2.05) is 24.3 Å². The van der Waals surface area contributed by atoms with E-state index in [0.29, 0.717) is 15.6 Å². The van der Waals surface area contributed by atoms with Gasteiger partial charge in [0.1, 0.15) is 6.29 Å². The van der Waals surface area contributed by atoms with Gasteiger partial charge in [0.25, 0.3) is 5.91 Å². The minimum atomic E-state index is -0.244. The minimum absolute atomic E-state index is 0.114. The molecule has 1 amide bonds. The van der Waals surface area contributed by atoms with E-state index < -0.39 is 0 Å². The van der Waals surface area contributed by atoms with E-state index in [0.717, 1.165) is 17.4 Å². The topological polar surface area (TPSA) is 46.2 Å². The van der Waals surface area contributed by atoms with Crippen molar-refractivity contribution in [1.29, 1.82) is 0 Å². The van der Waals surface area contributed by atoms with Crippen LogP contribution in [-0.4, -0.2) is 12.2 Å². The summed E-state index contributed by atoms with van der Waals surface area (Å²) in [4.78, 5) is 23.2. The Morgan fingerprint density at radius 1 is 1.14 bits per heavy atom. The minimum Gasteiger partial charge on any atom is -0.345 e. The molecule has 0 fully saturated rings. The fourth-order valence-electron chi connectivity index (χ4n) is 2.90. The Hall–Kier alpha value is -1.84. The van der Waals surface area contributed by atoms with Gasteiger partial charge in [0.15, 0.2) is 0 Å². The highest BCUT2D eigenvalue weighted by Crippen LogP contribution is 2.39. The monoisotopic (exact) mass is 333 g/mol. The van der Waals surface area contributed by atoms with Crippen LogP contribution in [0.15, 0.2) is 42.5 Å². The molecule has 2 unspecified atom stereocenters. The number of hydrogen-bond acceptors (Lipinski definition) is 2. The van der Waals surface area contributed by atoms with Crippen molar-refractivity contribution < 1.29 is 9.59 Å². The van der Waals surface area contributed by atoms with Crippen LogP contribution in [0.2, 0.25) is 10.0 Å². The molecule has 0 aliphatic carbocycles. The molecule has 112 valence electrons. The van der Waals surface area contributed by atoms with Crippen LogP contribution in [0.4, 0.5) is 0 Å². The Labute approximate surface area is 138 Å². The van der Waals surface area contributed by atoms with Gasteiger partial charge in [-0.25, -0.2) is 0 Å². The van der Waals surface area contributed by atoms with Crippen LogP contribution in [-0.2, 0) is 4.79 Å². The van der Waals surface area contributed by atoms with Crippen molar-refractivity contribution in [2.75, 3.05) is 0 Å². The van der Waals surface area contributed by atoms with Gasteiger partial charge in [-0.1, -0.05) is 47.5 Å². The molecule has 1 aliphatic rings. The van der Waals surface area contributed by atoms with Gasteiger partial charge in [-0.05, 0) is 29.3 Å². The van der Waals surface area contributed by atoms with Gasteiger partial charge in [-0.2, -0.15) is 0 Å². The first kappa shape index (κ1) is 15.1. The summed E-state index contributed by atoms with van der Waals surface area (Å²) in [5.74, 6) is -0.295. The molecular formula is C17H13Cl2NO2. The van der Waals surface area contributed by atoms with Crippen LogP contribution in [0.1, 0.15) is 39.9 Å². The predicted octanol–water partition coefficient (Wildman–Crippen LogP) is 4.15. The van der Waals surface area contributed by atoms with Gasteiger partial charge in [0.05, 0.1) is 16.1 Å². The van der Waals surface area contributed by atoms with Crippen molar-refractivity contribution in [3.8, 4) is 0 Å². The number of benzene rings is 2. The van der Waals surface area contributed by atoms with Crippen LogP contribution in [0, 0.1) is 0 Å². The lowest BCUT2D eigenvalue weighted by molar-refractivity contribution is -0.108. The average molecular weight is 334 g/mol. The maximum absolute atomic E-state index is 12.1. The van der Waals surface area contributed by atoms with Gasteiger partial charge < -0.3 is 10.1 Å². The highest BCUT2D eigenvalue weighted by Gasteiger charge is 2.34. The summed E-state index contributed by atoms with van der Waals surface area (Å²) in [6.07, 6.45) is 1.15. The van der Waals surface area contributed by atoms with Crippen LogP contribution in [0.3, 0.4) is 0 Å². The van der Waals surface area contributed by atoms with E-state index in [4.69, 9.17) is 23.2 Å². The van der Waals surface area contributed by atoms with E-state index >= 15 is 0 Å². The maximum atomic E-state index is 12.1. The number of hydrogen-bond donors (Lipinski definition) is 1. The van der Waals surface area contributed by atoms with Gasteiger partial charge in [-0.3, -0.25) is 4.79 Å². The molecule has 0 aromatic heterocycles. The van der Waals surface area contributed by atoms with Crippen molar-refractivity contribution in [2.24, 2.45) is 0 Å². The zero-order valence-corrected chi connectivity index (χ0v) is 13.1. The molecule has 0 saturated heterocycles. The summed E-state index contributed by atoms with van der Waals surface area (Å²) < 4.78 is 0. The van der Waals surface area contributed by atoms with Crippen LogP contribution in [0.5, 0.6) is 0 Å². The molecular weight excluding hydrogens is 321 g/mol. The summed E-state index contributed by atoms with van der Waals surface area (Å²) >= 11 is 12.0. The Kier molecular flexibility index (Phi) is 4.19. The van der Waals surface area contributed by atoms with Crippen LogP contribution in [0.25, 0.3) is 0 Å². The number of fused-ring (bicyclic) bond motifs is 1. The molecule has 2 aromatic carbocycles. The number of nitrogens with one attached hydrogen (secondary N) is 1. The Bertz CT molecular complexity index is 745. The Balaban J connectivity index is 2.04. The normalized spacial score (nSPS) is 17.7. The molecule has 0 saturated carbocycles. The molecule has 1 heterocycles. The number of halogens is 2. The number of carbonyl (C=O) groups excluding carboxylic acids is 2. The molecule has 22 heavy (non-hydrogen) atoms. The van der Waals surface area contributed by atoms with E-state index in [1.165, 1.54) is 0 Å². The third-order valence-electron chi connectivity index (χ3n) is 3.95. The van der Waals surface area contributed by atoms with Crippen LogP contribution < -0.4 is 5.32 Å². The van der Waals surface area contributed by atoms with Crippen molar-refractivity contribution >= 4 is 35.4 Å². The lowest BCUT2D eigenvalue weighted by atomic mass is 9.85. The quantitative estimate of drug-likeness (QED) is 0.854. The first-order valence-electron chi connectivity index (χ1n) is 6.90. The fourth-order valence-corrected chi connectivity index (χ4v) is 3.21. The van der Waals surface area contributed by atoms with Crippen LogP contribution >= 0.6 is 23.2 Å². The summed E-state index contributed by atoms with van der Waals surface area (Å²) in [6.45, 7) is 0. The molecule has 3 rings (SSSR count). The second-order valence-electron chi connectivity index (χ2n) is 5.22. The van der Waals surface area contributed by atoms with Gasteiger partial charge in [0.2, 0.25) is 0 Å². The Morgan fingerprint density at radius 2 is 1.91 bits per heavy atom. The summed E-state index contributed by atoms with van der Waals surface area (Å²) in [6, 6.07) is 12.5. The molecule has 0 spiro atoms. The standard InChI is InChI=1S/C17H13Cl2NO2/c18-14-6-5-10(9-15(14)19)11(7-8-21)16-12-3-1-2-4-13(12)17(22)20-16/h1-6,8-9,11,16H,7H2,(H,20,22). The fraction of sp³-hybridized carbons (Fsp3) is 0.176. The largest absolute Gasteiger partial charge is 0.345 e. The smallest absolute Gasteiger partial charge is 0.252 e. The average Bonchev–Trinajstić information content (AvgIpc) is 2.85. The van der Waals surface area contributed by atoms with Crippen molar-refractivity contribution in [1.82, 2.24) is 5.32 Å². The molecule has 2 aromatic rings. The van der Waals surface area contributed by atoms with Crippen molar-refractivity contribution in [3.05, 3.63) is 69.2 Å². The first-order chi connectivity index (χ1) is 10.6.